The molecule has 0 aliphatic heterocycles. The number of para-hydroxylation sites is 1. The van der Waals surface area contributed by atoms with Gasteiger partial charge in [0.15, 0.2) is 0 Å². The molecule has 6 heteroatoms. The van der Waals surface area contributed by atoms with Gasteiger partial charge in [-0.2, -0.15) is 0 Å². The van der Waals surface area contributed by atoms with E-state index in [2.05, 4.69) is 4.98 Å². The molecule has 0 fully saturated rings. The van der Waals surface area contributed by atoms with Gasteiger partial charge in [-0.05, 0) is 36.8 Å². The Morgan fingerprint density at radius 2 is 2.04 bits per heavy atom. The Morgan fingerprint density at radius 1 is 1.21 bits per heavy atom. The van der Waals surface area contributed by atoms with E-state index in [0.29, 0.717) is 40.4 Å². The molecule has 24 heavy (non-hydrogen) atoms. The summed E-state index contributed by atoms with van der Waals surface area (Å²) in [5.41, 5.74) is 7.34. The zero-order chi connectivity index (χ0) is 17.1. The number of ether oxygens (including phenoxy) is 2. The minimum atomic E-state index is -0.203. The van der Waals surface area contributed by atoms with E-state index in [0.717, 1.165) is 6.42 Å². The zero-order valence-corrected chi connectivity index (χ0v) is 13.7. The molecule has 0 aliphatic rings. The first-order valence-corrected chi connectivity index (χ1v) is 7.72. The van der Waals surface area contributed by atoms with Gasteiger partial charge in [0.05, 0.1) is 24.8 Å². The number of methoxy groups -OCH3 is 1. The molecule has 124 valence electrons. The van der Waals surface area contributed by atoms with Gasteiger partial charge in [0.25, 0.3) is 5.56 Å². The first kappa shape index (κ1) is 15.9. The molecule has 0 amide bonds. The number of hydrogen-bond donors (Lipinski definition) is 1. The predicted octanol–water partition coefficient (Wildman–Crippen LogP) is 2.77. The van der Waals surface area contributed by atoms with Gasteiger partial charge in [0.1, 0.15) is 23.3 Å². The largest absolute Gasteiger partial charge is 0.494 e. The first-order chi connectivity index (χ1) is 11.7. The Bertz CT molecular complexity index is 934. The lowest BCUT2D eigenvalue weighted by Crippen LogP contribution is -2.20. The maximum Gasteiger partial charge on any atom is 0.266 e. The van der Waals surface area contributed by atoms with Crippen molar-refractivity contribution in [1.82, 2.24) is 9.55 Å². The maximum atomic E-state index is 12.9. The van der Waals surface area contributed by atoms with Gasteiger partial charge in [0, 0.05) is 5.69 Å². The summed E-state index contributed by atoms with van der Waals surface area (Å²) < 4.78 is 12.5. The SMILES string of the molecule is CCCOc1ccc(N)cc1-n1cnc2c(OC)cccc2c1=O. The number of rotatable bonds is 5. The summed E-state index contributed by atoms with van der Waals surface area (Å²) in [6, 6.07) is 10.5. The third-order valence-corrected chi connectivity index (χ3v) is 3.67. The summed E-state index contributed by atoms with van der Waals surface area (Å²) in [4.78, 5) is 17.3. The monoisotopic (exact) mass is 325 g/mol. The molecular weight excluding hydrogens is 306 g/mol. The minimum Gasteiger partial charge on any atom is -0.494 e. The lowest BCUT2D eigenvalue weighted by Gasteiger charge is -2.14. The number of benzene rings is 2. The van der Waals surface area contributed by atoms with Gasteiger partial charge in [-0.25, -0.2) is 4.98 Å². The van der Waals surface area contributed by atoms with Crippen LogP contribution in [0.3, 0.4) is 0 Å². The molecule has 0 radical (unpaired) electrons. The van der Waals surface area contributed by atoms with Crippen molar-refractivity contribution in [2.45, 2.75) is 13.3 Å². The second-order valence-corrected chi connectivity index (χ2v) is 5.35. The molecule has 0 unspecified atom stereocenters. The van der Waals surface area contributed by atoms with Crippen molar-refractivity contribution in [2.75, 3.05) is 19.5 Å². The van der Waals surface area contributed by atoms with Gasteiger partial charge >= 0.3 is 0 Å². The molecule has 0 saturated heterocycles. The van der Waals surface area contributed by atoms with Crippen molar-refractivity contribution in [3.8, 4) is 17.2 Å². The molecular formula is C18H19N3O3. The summed E-state index contributed by atoms with van der Waals surface area (Å²) >= 11 is 0. The van der Waals surface area contributed by atoms with Crippen LogP contribution in [0.4, 0.5) is 5.69 Å². The molecule has 2 aromatic carbocycles. The van der Waals surface area contributed by atoms with Gasteiger partial charge in [-0.15, -0.1) is 0 Å². The Balaban J connectivity index is 2.22. The highest BCUT2D eigenvalue weighted by atomic mass is 16.5. The van der Waals surface area contributed by atoms with E-state index in [1.54, 1.807) is 43.5 Å². The number of hydrogen-bond acceptors (Lipinski definition) is 5. The molecule has 3 aromatic rings. The normalized spacial score (nSPS) is 10.8. The Kier molecular flexibility index (Phi) is 4.37. The van der Waals surface area contributed by atoms with E-state index in [9.17, 15) is 4.79 Å². The number of fused-ring (bicyclic) bond motifs is 1. The second-order valence-electron chi connectivity index (χ2n) is 5.35. The standard InChI is InChI=1S/C18H19N3O3/c1-3-9-24-15-8-7-12(19)10-14(15)21-11-20-17-13(18(21)22)5-4-6-16(17)23-2/h4-8,10-11H,3,9,19H2,1-2H3. The summed E-state index contributed by atoms with van der Waals surface area (Å²) in [5.74, 6) is 1.16. The van der Waals surface area contributed by atoms with Crippen molar-refractivity contribution in [3.05, 3.63) is 53.1 Å². The summed E-state index contributed by atoms with van der Waals surface area (Å²) in [5, 5.41) is 0.473. The molecule has 1 heterocycles. The minimum absolute atomic E-state index is 0.203. The molecule has 0 atom stereocenters. The average molecular weight is 325 g/mol. The topological polar surface area (TPSA) is 79.4 Å². The smallest absolute Gasteiger partial charge is 0.266 e. The fourth-order valence-corrected chi connectivity index (χ4v) is 2.52. The van der Waals surface area contributed by atoms with Gasteiger partial charge in [0.2, 0.25) is 0 Å². The van der Waals surface area contributed by atoms with Crippen LogP contribution in [0.1, 0.15) is 13.3 Å². The van der Waals surface area contributed by atoms with E-state index in [-0.39, 0.29) is 5.56 Å². The molecule has 3 rings (SSSR count). The quantitative estimate of drug-likeness (QED) is 0.730. The summed E-state index contributed by atoms with van der Waals surface area (Å²) in [6.07, 6.45) is 2.34. The van der Waals surface area contributed by atoms with Crippen LogP contribution in [0, 0.1) is 0 Å². The Labute approximate surface area is 139 Å². The van der Waals surface area contributed by atoms with Crippen molar-refractivity contribution >= 4 is 16.6 Å². The highest BCUT2D eigenvalue weighted by Gasteiger charge is 2.13. The van der Waals surface area contributed by atoms with E-state index in [1.165, 1.54) is 10.9 Å². The van der Waals surface area contributed by atoms with Crippen LogP contribution in [0.5, 0.6) is 11.5 Å². The van der Waals surface area contributed by atoms with Crippen LogP contribution in [0.2, 0.25) is 0 Å². The number of nitrogens with two attached hydrogens (primary N) is 1. The van der Waals surface area contributed by atoms with Crippen LogP contribution in [0.25, 0.3) is 16.6 Å². The van der Waals surface area contributed by atoms with E-state index in [4.69, 9.17) is 15.2 Å². The van der Waals surface area contributed by atoms with E-state index >= 15 is 0 Å². The number of anilines is 1. The molecule has 1 aromatic heterocycles. The molecule has 6 nitrogen and oxygen atoms in total. The van der Waals surface area contributed by atoms with E-state index < -0.39 is 0 Å². The molecule has 0 bridgehead atoms. The third-order valence-electron chi connectivity index (χ3n) is 3.67. The highest BCUT2D eigenvalue weighted by molar-refractivity contribution is 5.83. The Hall–Kier alpha value is -3.02. The van der Waals surface area contributed by atoms with Crippen LogP contribution < -0.4 is 20.8 Å². The maximum absolute atomic E-state index is 12.9. The molecule has 0 aliphatic carbocycles. The second kappa shape index (κ2) is 6.62. The highest BCUT2D eigenvalue weighted by Crippen LogP contribution is 2.26. The average Bonchev–Trinajstić information content (AvgIpc) is 2.60. The fraction of sp³-hybridized carbons (Fsp3) is 0.222. The van der Waals surface area contributed by atoms with Crippen LogP contribution in [-0.2, 0) is 0 Å². The summed E-state index contributed by atoms with van der Waals surface area (Å²) in [7, 11) is 1.55. The molecule has 0 spiro atoms. The summed E-state index contributed by atoms with van der Waals surface area (Å²) in [6.45, 7) is 2.58. The molecule has 0 saturated carbocycles. The van der Waals surface area contributed by atoms with Crippen LogP contribution in [0.15, 0.2) is 47.5 Å². The van der Waals surface area contributed by atoms with Crippen molar-refractivity contribution in [1.29, 1.82) is 0 Å². The predicted molar refractivity (Wildman–Crippen MR) is 94.1 cm³/mol. The van der Waals surface area contributed by atoms with Gasteiger partial charge in [-0.1, -0.05) is 13.0 Å². The van der Waals surface area contributed by atoms with Gasteiger partial charge < -0.3 is 15.2 Å². The van der Waals surface area contributed by atoms with Crippen molar-refractivity contribution in [3.63, 3.8) is 0 Å². The van der Waals surface area contributed by atoms with E-state index in [1.807, 2.05) is 6.92 Å². The number of nitrogen functional groups attached to an aromatic ring is 1. The number of nitrogens with zero attached hydrogens (tertiary/aromatic N) is 2. The lowest BCUT2D eigenvalue weighted by atomic mass is 10.2. The Morgan fingerprint density at radius 3 is 2.79 bits per heavy atom. The zero-order valence-electron chi connectivity index (χ0n) is 13.7. The first-order valence-electron chi connectivity index (χ1n) is 7.72. The lowest BCUT2D eigenvalue weighted by molar-refractivity contribution is 0.316. The van der Waals surface area contributed by atoms with Gasteiger partial charge in [-0.3, -0.25) is 9.36 Å². The van der Waals surface area contributed by atoms with Crippen molar-refractivity contribution in [2.24, 2.45) is 0 Å². The van der Waals surface area contributed by atoms with Crippen LogP contribution >= 0.6 is 0 Å². The fourth-order valence-electron chi connectivity index (χ4n) is 2.52. The van der Waals surface area contributed by atoms with Crippen LogP contribution in [-0.4, -0.2) is 23.3 Å². The van der Waals surface area contributed by atoms with Crippen molar-refractivity contribution < 1.29 is 9.47 Å². The molecule has 2 N–H and O–H groups in total. The number of aromatic nitrogens is 2. The third kappa shape index (κ3) is 2.78.